The number of benzene rings is 1. The minimum Gasteiger partial charge on any atom is -0.469 e. The number of carbonyl (C=O) groups excluding carboxylic acids is 3. The van der Waals surface area contributed by atoms with Crippen LogP contribution in [0.3, 0.4) is 0 Å². The fraction of sp³-hybridized carbons (Fsp3) is 0.571. The van der Waals surface area contributed by atoms with Crippen molar-refractivity contribution in [3.05, 3.63) is 35.4 Å². The molecule has 1 aliphatic carbocycles. The van der Waals surface area contributed by atoms with E-state index < -0.39 is 0 Å². The second-order valence-corrected chi connectivity index (χ2v) is 7.89. The Kier molecular flexibility index (Phi) is 4.66. The minimum atomic E-state index is -0.292. The van der Waals surface area contributed by atoms with Gasteiger partial charge >= 0.3 is 5.97 Å². The number of fused-ring (bicyclic) bond motifs is 2. The normalized spacial score (nSPS) is 27.5. The van der Waals surface area contributed by atoms with Crippen molar-refractivity contribution in [2.75, 3.05) is 20.2 Å². The molecule has 0 radical (unpaired) electrons. The Bertz CT molecular complexity index is 752. The van der Waals surface area contributed by atoms with Gasteiger partial charge in [-0.1, -0.05) is 31.2 Å². The molecule has 144 valence electrons. The van der Waals surface area contributed by atoms with Crippen LogP contribution in [-0.2, 0) is 32.0 Å². The van der Waals surface area contributed by atoms with Crippen molar-refractivity contribution < 1.29 is 19.1 Å². The molecule has 1 aromatic carbocycles. The number of piperazine rings is 1. The summed E-state index contributed by atoms with van der Waals surface area (Å²) in [5.41, 5.74) is 2.47. The molecule has 3 aliphatic rings. The molecule has 6 heteroatoms. The smallest absolute Gasteiger partial charge is 0.310 e. The molecular weight excluding hydrogens is 344 g/mol. The molecule has 1 aromatic rings. The number of hydrogen-bond acceptors (Lipinski definition) is 4. The van der Waals surface area contributed by atoms with E-state index >= 15 is 0 Å². The van der Waals surface area contributed by atoms with Crippen molar-refractivity contribution in [3.63, 3.8) is 0 Å². The minimum absolute atomic E-state index is 0.0478. The second-order valence-electron chi connectivity index (χ2n) is 7.89. The standard InChI is InChI=1S/C21H26N2O4/c1-3-18-17(21(26)27-2)10-16-11-22(12-19(24)23(16)18)20(25)15-8-13-6-4-5-7-14(13)9-15/h4-7,15-18H,3,8-12H2,1-2H3/t16-,17-,18-/m0/s1. The molecule has 2 heterocycles. The maximum atomic E-state index is 13.1. The molecule has 0 N–H and O–H groups in total. The van der Waals surface area contributed by atoms with E-state index in [0.29, 0.717) is 19.4 Å². The van der Waals surface area contributed by atoms with E-state index in [1.54, 1.807) is 4.90 Å². The summed E-state index contributed by atoms with van der Waals surface area (Å²) < 4.78 is 4.94. The zero-order chi connectivity index (χ0) is 19.1. The van der Waals surface area contributed by atoms with E-state index in [2.05, 4.69) is 12.1 Å². The van der Waals surface area contributed by atoms with Gasteiger partial charge in [-0.05, 0) is 36.8 Å². The Hall–Kier alpha value is -2.37. The highest BCUT2D eigenvalue weighted by atomic mass is 16.5. The summed E-state index contributed by atoms with van der Waals surface area (Å²) in [6.45, 7) is 2.62. The molecule has 0 unspecified atom stereocenters. The van der Waals surface area contributed by atoms with E-state index in [1.807, 2.05) is 24.0 Å². The summed E-state index contributed by atoms with van der Waals surface area (Å²) in [4.78, 5) is 41.6. The summed E-state index contributed by atoms with van der Waals surface area (Å²) in [6, 6.07) is 7.95. The van der Waals surface area contributed by atoms with Crippen LogP contribution in [0.5, 0.6) is 0 Å². The first-order valence-corrected chi connectivity index (χ1v) is 9.78. The van der Waals surface area contributed by atoms with Crippen LogP contribution < -0.4 is 0 Å². The van der Waals surface area contributed by atoms with Crippen LogP contribution >= 0.6 is 0 Å². The molecular formula is C21H26N2O4. The van der Waals surface area contributed by atoms with Gasteiger partial charge in [-0.2, -0.15) is 0 Å². The fourth-order valence-electron chi connectivity index (χ4n) is 5.19. The number of esters is 1. The van der Waals surface area contributed by atoms with Gasteiger partial charge in [-0.25, -0.2) is 0 Å². The van der Waals surface area contributed by atoms with Crippen LogP contribution in [0.4, 0.5) is 0 Å². The quantitative estimate of drug-likeness (QED) is 0.755. The van der Waals surface area contributed by atoms with Crippen molar-refractivity contribution in [2.45, 2.75) is 44.7 Å². The number of hydrogen-bond donors (Lipinski definition) is 0. The van der Waals surface area contributed by atoms with E-state index in [4.69, 9.17) is 4.74 Å². The van der Waals surface area contributed by atoms with Gasteiger partial charge in [0.15, 0.2) is 0 Å². The zero-order valence-electron chi connectivity index (χ0n) is 15.9. The van der Waals surface area contributed by atoms with Crippen molar-refractivity contribution in [2.24, 2.45) is 11.8 Å². The van der Waals surface area contributed by atoms with Crippen molar-refractivity contribution in [1.29, 1.82) is 0 Å². The Morgan fingerprint density at radius 2 is 1.85 bits per heavy atom. The van der Waals surface area contributed by atoms with Gasteiger partial charge in [0.05, 0.1) is 25.6 Å². The topological polar surface area (TPSA) is 66.9 Å². The van der Waals surface area contributed by atoms with Crippen LogP contribution in [0.2, 0.25) is 0 Å². The number of carbonyl (C=O) groups is 3. The predicted octanol–water partition coefficient (Wildman–Crippen LogP) is 1.41. The number of rotatable bonds is 3. The van der Waals surface area contributed by atoms with Crippen molar-refractivity contribution in [3.8, 4) is 0 Å². The number of nitrogens with zero attached hydrogens (tertiary/aromatic N) is 2. The van der Waals surface area contributed by atoms with Crippen LogP contribution in [0.15, 0.2) is 24.3 Å². The van der Waals surface area contributed by atoms with E-state index in [9.17, 15) is 14.4 Å². The van der Waals surface area contributed by atoms with Crippen LogP contribution in [-0.4, -0.2) is 59.9 Å². The highest BCUT2D eigenvalue weighted by Crippen LogP contribution is 2.36. The SMILES string of the molecule is CC[C@H]1[C@@H](C(=O)OC)C[C@H]2CN(C(=O)C3Cc4ccccc4C3)CC(=O)N21. The van der Waals surface area contributed by atoms with Crippen LogP contribution in [0.25, 0.3) is 0 Å². The van der Waals surface area contributed by atoms with Crippen molar-refractivity contribution in [1.82, 2.24) is 9.80 Å². The van der Waals surface area contributed by atoms with Gasteiger partial charge in [0.25, 0.3) is 0 Å². The maximum absolute atomic E-state index is 13.1. The third-order valence-corrected chi connectivity index (χ3v) is 6.42. The Labute approximate surface area is 159 Å². The first kappa shape index (κ1) is 18.0. The molecule has 2 amide bonds. The van der Waals surface area contributed by atoms with Gasteiger partial charge in [0.1, 0.15) is 0 Å². The summed E-state index contributed by atoms with van der Waals surface area (Å²) in [5, 5.41) is 0. The molecule has 3 atom stereocenters. The molecule has 0 aromatic heterocycles. The Morgan fingerprint density at radius 1 is 1.19 bits per heavy atom. The molecule has 4 rings (SSSR count). The number of amides is 2. The number of methoxy groups -OCH3 is 1. The molecule has 0 saturated carbocycles. The van der Waals surface area contributed by atoms with Gasteiger partial charge in [-0.3, -0.25) is 14.4 Å². The van der Waals surface area contributed by atoms with Crippen LogP contribution in [0, 0.1) is 11.8 Å². The Balaban J connectivity index is 1.48. The average molecular weight is 370 g/mol. The van der Waals surface area contributed by atoms with E-state index in [0.717, 1.165) is 12.8 Å². The maximum Gasteiger partial charge on any atom is 0.310 e. The predicted molar refractivity (Wildman–Crippen MR) is 98.8 cm³/mol. The number of ether oxygens (including phenoxy) is 1. The first-order valence-electron chi connectivity index (χ1n) is 9.78. The molecule has 2 saturated heterocycles. The lowest BCUT2D eigenvalue weighted by molar-refractivity contribution is -0.152. The molecule has 0 spiro atoms. The second kappa shape index (κ2) is 6.98. The summed E-state index contributed by atoms with van der Waals surface area (Å²) in [7, 11) is 1.39. The lowest BCUT2D eigenvalue weighted by Gasteiger charge is -2.40. The third kappa shape index (κ3) is 3.01. The van der Waals surface area contributed by atoms with Gasteiger partial charge in [0.2, 0.25) is 11.8 Å². The lowest BCUT2D eigenvalue weighted by Crippen LogP contribution is -2.58. The summed E-state index contributed by atoms with van der Waals surface area (Å²) >= 11 is 0. The monoisotopic (exact) mass is 370 g/mol. The molecule has 27 heavy (non-hydrogen) atoms. The van der Waals surface area contributed by atoms with Gasteiger partial charge < -0.3 is 14.5 Å². The van der Waals surface area contributed by atoms with Crippen LogP contribution in [0.1, 0.15) is 30.9 Å². The molecule has 2 aliphatic heterocycles. The largest absolute Gasteiger partial charge is 0.469 e. The van der Waals surface area contributed by atoms with Gasteiger partial charge in [-0.15, -0.1) is 0 Å². The summed E-state index contributed by atoms with van der Waals surface area (Å²) in [6.07, 6.45) is 2.78. The first-order chi connectivity index (χ1) is 13.0. The highest BCUT2D eigenvalue weighted by molar-refractivity contribution is 5.89. The van der Waals surface area contributed by atoms with Crippen molar-refractivity contribution >= 4 is 17.8 Å². The molecule has 0 bridgehead atoms. The summed E-state index contributed by atoms with van der Waals surface area (Å²) in [5.74, 6) is -0.614. The van der Waals surface area contributed by atoms with E-state index in [-0.39, 0.29) is 48.2 Å². The highest BCUT2D eigenvalue weighted by Gasteiger charge is 2.50. The third-order valence-electron chi connectivity index (χ3n) is 6.42. The zero-order valence-corrected chi connectivity index (χ0v) is 15.9. The Morgan fingerprint density at radius 3 is 2.44 bits per heavy atom. The van der Waals surface area contributed by atoms with Gasteiger partial charge in [0, 0.05) is 18.5 Å². The lowest BCUT2D eigenvalue weighted by atomic mass is 9.97. The fourth-order valence-corrected chi connectivity index (χ4v) is 5.19. The van der Waals surface area contributed by atoms with E-state index in [1.165, 1.54) is 18.2 Å². The molecule has 2 fully saturated rings. The molecule has 6 nitrogen and oxygen atoms in total. The average Bonchev–Trinajstić information content (AvgIpc) is 3.28.